The first kappa shape index (κ1) is 19.2. The van der Waals surface area contributed by atoms with Gasteiger partial charge in [-0.15, -0.1) is 13.2 Å². The zero-order valence-corrected chi connectivity index (χ0v) is 13.4. The molecule has 2 rings (SSSR count). The number of hydrogen-bond donors (Lipinski definition) is 3. The first-order valence-corrected chi connectivity index (χ1v) is 7.48. The highest BCUT2D eigenvalue weighted by molar-refractivity contribution is 5.83. The van der Waals surface area contributed by atoms with E-state index in [9.17, 15) is 22.8 Å². The zero-order chi connectivity index (χ0) is 19.0. The van der Waals surface area contributed by atoms with Crippen molar-refractivity contribution in [2.24, 2.45) is 0 Å². The summed E-state index contributed by atoms with van der Waals surface area (Å²) in [7, 11) is 0. The summed E-state index contributed by atoms with van der Waals surface area (Å²) in [5, 5.41) is 7.18. The summed E-state index contributed by atoms with van der Waals surface area (Å²) in [6.07, 6.45) is -3.36. The molecule has 3 N–H and O–H groups in total. The Morgan fingerprint density at radius 2 is 1.77 bits per heavy atom. The van der Waals surface area contributed by atoms with E-state index in [1.54, 1.807) is 12.1 Å². The monoisotopic (exact) mass is 371 g/mol. The van der Waals surface area contributed by atoms with Crippen LogP contribution in [0.15, 0.2) is 47.1 Å². The van der Waals surface area contributed by atoms with E-state index in [-0.39, 0.29) is 25.2 Å². The molecule has 7 nitrogen and oxygen atoms in total. The van der Waals surface area contributed by atoms with Gasteiger partial charge < -0.3 is 25.1 Å². The Morgan fingerprint density at radius 1 is 1.00 bits per heavy atom. The maximum Gasteiger partial charge on any atom is 0.573 e. The second-order valence-corrected chi connectivity index (χ2v) is 5.05. The Balaban J connectivity index is 1.74. The molecule has 1 aromatic carbocycles. The Morgan fingerprint density at radius 3 is 2.46 bits per heavy atom. The molecule has 0 bridgehead atoms. The van der Waals surface area contributed by atoms with Crippen molar-refractivity contribution in [3.63, 3.8) is 0 Å². The van der Waals surface area contributed by atoms with E-state index in [4.69, 9.17) is 4.42 Å². The van der Waals surface area contributed by atoms with Gasteiger partial charge in [0.05, 0.1) is 19.4 Å². The number of halogens is 3. The molecule has 0 unspecified atom stereocenters. The van der Waals surface area contributed by atoms with E-state index in [1.165, 1.54) is 24.5 Å². The lowest BCUT2D eigenvalue weighted by Crippen LogP contribution is -2.41. The Bertz CT molecular complexity index is 733. The lowest BCUT2D eigenvalue weighted by molar-refractivity contribution is -0.274. The smallest absolute Gasteiger partial charge is 0.467 e. The summed E-state index contributed by atoms with van der Waals surface area (Å²) in [5.41, 5.74) is 0.141. The van der Waals surface area contributed by atoms with E-state index in [1.807, 2.05) is 0 Å². The summed E-state index contributed by atoms with van der Waals surface area (Å²) in [5.74, 6) is -0.294. The third kappa shape index (κ3) is 6.75. The Kier molecular flexibility index (Phi) is 6.48. The number of alkyl halides is 3. The maximum atomic E-state index is 12.3. The Hall–Kier alpha value is -3.17. The summed E-state index contributed by atoms with van der Waals surface area (Å²) < 4.78 is 45.9. The van der Waals surface area contributed by atoms with Gasteiger partial charge in [0.2, 0.25) is 5.91 Å². The molecule has 10 heteroatoms. The van der Waals surface area contributed by atoms with Crippen LogP contribution in [0.25, 0.3) is 0 Å². The van der Waals surface area contributed by atoms with Crippen molar-refractivity contribution in [1.29, 1.82) is 0 Å². The quantitative estimate of drug-likeness (QED) is 0.696. The first-order chi connectivity index (χ1) is 12.3. The first-order valence-electron chi connectivity index (χ1n) is 7.48. The molecule has 0 aliphatic rings. The van der Waals surface area contributed by atoms with Crippen molar-refractivity contribution in [3.05, 3.63) is 54.0 Å². The average Bonchev–Trinajstić information content (AvgIpc) is 3.09. The molecule has 3 amide bonds. The van der Waals surface area contributed by atoms with Gasteiger partial charge in [-0.3, -0.25) is 4.79 Å². The summed E-state index contributed by atoms with van der Waals surface area (Å²) in [4.78, 5) is 23.3. The molecule has 0 aliphatic heterocycles. The van der Waals surface area contributed by atoms with E-state index in [2.05, 4.69) is 20.7 Å². The highest BCUT2D eigenvalue weighted by atomic mass is 19.4. The van der Waals surface area contributed by atoms with Gasteiger partial charge in [0.1, 0.15) is 11.5 Å². The second kappa shape index (κ2) is 8.79. The Labute approximate surface area is 146 Å². The number of hydrogen-bond acceptors (Lipinski definition) is 4. The van der Waals surface area contributed by atoms with Gasteiger partial charge in [-0.25, -0.2) is 4.79 Å². The van der Waals surface area contributed by atoms with Crippen molar-refractivity contribution in [2.45, 2.75) is 19.5 Å². The zero-order valence-electron chi connectivity index (χ0n) is 13.4. The normalized spacial score (nSPS) is 10.9. The molecule has 1 heterocycles. The van der Waals surface area contributed by atoms with Gasteiger partial charge in [-0.2, -0.15) is 0 Å². The molecule has 0 saturated carbocycles. The van der Waals surface area contributed by atoms with Crippen molar-refractivity contribution >= 4 is 11.9 Å². The fraction of sp³-hybridized carbons (Fsp3) is 0.250. The van der Waals surface area contributed by atoms with E-state index in [0.717, 1.165) is 6.07 Å². The van der Waals surface area contributed by atoms with Crippen LogP contribution in [0.3, 0.4) is 0 Å². The minimum Gasteiger partial charge on any atom is -0.467 e. The number of ether oxygens (including phenoxy) is 1. The van der Waals surface area contributed by atoms with Gasteiger partial charge in [0.25, 0.3) is 0 Å². The molecular formula is C16H16F3N3O4. The minimum absolute atomic E-state index is 0.141. The highest BCUT2D eigenvalue weighted by Gasteiger charge is 2.31. The average molecular weight is 371 g/mol. The molecule has 0 fully saturated rings. The number of para-hydroxylation sites is 1. The van der Waals surface area contributed by atoms with Crippen LogP contribution in [0.5, 0.6) is 5.75 Å². The van der Waals surface area contributed by atoms with Gasteiger partial charge in [-0.1, -0.05) is 18.2 Å². The van der Waals surface area contributed by atoms with Crippen molar-refractivity contribution in [2.75, 3.05) is 6.54 Å². The number of furan rings is 1. The highest BCUT2D eigenvalue weighted by Crippen LogP contribution is 2.25. The number of carbonyl (C=O) groups is 2. The lowest BCUT2D eigenvalue weighted by atomic mass is 10.2. The molecule has 0 saturated heterocycles. The van der Waals surface area contributed by atoms with Crippen molar-refractivity contribution in [3.8, 4) is 5.75 Å². The van der Waals surface area contributed by atoms with Crippen LogP contribution in [0.2, 0.25) is 0 Å². The third-order valence-electron chi connectivity index (χ3n) is 3.09. The van der Waals surface area contributed by atoms with E-state index < -0.39 is 24.1 Å². The van der Waals surface area contributed by atoms with Crippen LogP contribution in [0.1, 0.15) is 11.3 Å². The molecule has 1 aromatic heterocycles. The molecule has 0 atom stereocenters. The van der Waals surface area contributed by atoms with Gasteiger partial charge in [0.15, 0.2) is 0 Å². The molecule has 140 valence electrons. The topological polar surface area (TPSA) is 92.6 Å². The number of nitrogens with one attached hydrogen (secondary N) is 3. The summed E-state index contributed by atoms with van der Waals surface area (Å²) >= 11 is 0. The fourth-order valence-corrected chi connectivity index (χ4v) is 1.93. The second-order valence-electron chi connectivity index (χ2n) is 5.05. The lowest BCUT2D eigenvalue weighted by Gasteiger charge is -2.14. The number of benzene rings is 1. The van der Waals surface area contributed by atoms with E-state index >= 15 is 0 Å². The maximum absolute atomic E-state index is 12.3. The largest absolute Gasteiger partial charge is 0.573 e. The number of rotatable bonds is 7. The minimum atomic E-state index is -4.83. The predicted molar refractivity (Wildman–Crippen MR) is 83.9 cm³/mol. The summed E-state index contributed by atoms with van der Waals surface area (Å²) in [6.45, 7) is -0.323. The van der Waals surface area contributed by atoms with Crippen LogP contribution < -0.4 is 20.7 Å². The predicted octanol–water partition coefficient (Wildman–Crippen LogP) is 2.29. The molecule has 0 aliphatic carbocycles. The van der Waals surface area contributed by atoms with Crippen molar-refractivity contribution in [1.82, 2.24) is 16.0 Å². The number of carbonyl (C=O) groups excluding carboxylic acids is 2. The fourth-order valence-electron chi connectivity index (χ4n) is 1.93. The number of urea groups is 1. The third-order valence-corrected chi connectivity index (χ3v) is 3.09. The van der Waals surface area contributed by atoms with Crippen LogP contribution in [-0.4, -0.2) is 24.8 Å². The molecule has 26 heavy (non-hydrogen) atoms. The van der Waals surface area contributed by atoms with Crippen LogP contribution in [0.4, 0.5) is 18.0 Å². The molecule has 2 aromatic rings. The molecule has 0 spiro atoms. The van der Waals surface area contributed by atoms with Gasteiger partial charge in [0, 0.05) is 12.1 Å². The molecular weight excluding hydrogens is 355 g/mol. The van der Waals surface area contributed by atoms with Crippen LogP contribution >= 0.6 is 0 Å². The van der Waals surface area contributed by atoms with Gasteiger partial charge in [-0.05, 0) is 18.2 Å². The summed E-state index contributed by atoms with van der Waals surface area (Å²) in [6, 6.07) is 8.07. The van der Waals surface area contributed by atoms with E-state index in [0.29, 0.717) is 5.76 Å². The number of amides is 3. The van der Waals surface area contributed by atoms with Gasteiger partial charge >= 0.3 is 12.4 Å². The molecule has 0 radical (unpaired) electrons. The van der Waals surface area contributed by atoms with Crippen LogP contribution in [-0.2, 0) is 17.9 Å². The van der Waals surface area contributed by atoms with Crippen LogP contribution in [0, 0.1) is 0 Å². The SMILES string of the molecule is O=C(CNC(=O)NCc1ccccc1OC(F)(F)F)NCc1ccco1. The standard InChI is InChI=1S/C16H16F3N3O4/c17-16(18,19)26-13-6-2-1-4-11(13)8-21-15(24)22-10-14(23)20-9-12-5-3-7-25-12/h1-7H,8-10H2,(H,20,23)(H2,21,22,24). The van der Waals surface area contributed by atoms with Crippen molar-refractivity contribution < 1.29 is 31.9 Å².